The van der Waals surface area contributed by atoms with E-state index in [1.165, 1.54) is 11.1 Å². The molecule has 0 aromatic heterocycles. The standard InChI is InChI=1S/C22H23F3N2O/c1-13-11-15(26-21(28)22(23,24)25)12-20-18-9-4-3-7-16(18)14(2)17-8-5-6-10-19(17)27(13)20/h3-10,13-15,20H,11-12H2,1-2H3,(H,26,28)/t13-,14+,15+,20?/m0/s1. The van der Waals surface area contributed by atoms with Crippen molar-refractivity contribution in [3.05, 3.63) is 65.2 Å². The molecule has 0 aliphatic carbocycles. The van der Waals surface area contributed by atoms with Gasteiger partial charge in [-0.15, -0.1) is 0 Å². The van der Waals surface area contributed by atoms with Crippen LogP contribution in [0, 0.1) is 0 Å². The van der Waals surface area contributed by atoms with Gasteiger partial charge >= 0.3 is 12.1 Å². The number of rotatable bonds is 1. The van der Waals surface area contributed by atoms with E-state index in [9.17, 15) is 18.0 Å². The molecule has 1 N–H and O–H groups in total. The number of anilines is 1. The Morgan fingerprint density at radius 1 is 0.964 bits per heavy atom. The summed E-state index contributed by atoms with van der Waals surface area (Å²) in [6.45, 7) is 4.19. The predicted octanol–water partition coefficient (Wildman–Crippen LogP) is 4.93. The van der Waals surface area contributed by atoms with Crippen molar-refractivity contribution in [2.45, 2.75) is 56.9 Å². The smallest absolute Gasteiger partial charge is 0.361 e. The molecular weight excluding hydrogens is 365 g/mol. The number of hydrogen-bond donors (Lipinski definition) is 1. The first kappa shape index (κ1) is 18.8. The molecule has 1 saturated heterocycles. The second-order valence-electron chi connectivity index (χ2n) is 7.82. The molecule has 28 heavy (non-hydrogen) atoms. The number of halogens is 3. The van der Waals surface area contributed by atoms with Crippen molar-refractivity contribution in [1.82, 2.24) is 5.32 Å². The molecule has 4 rings (SSSR count). The first-order chi connectivity index (χ1) is 13.3. The van der Waals surface area contributed by atoms with Gasteiger partial charge in [0.15, 0.2) is 0 Å². The molecule has 4 atom stereocenters. The highest BCUT2D eigenvalue weighted by atomic mass is 19.4. The van der Waals surface area contributed by atoms with Gasteiger partial charge in [0.25, 0.3) is 0 Å². The fourth-order valence-electron chi connectivity index (χ4n) is 4.84. The predicted molar refractivity (Wildman–Crippen MR) is 102 cm³/mol. The van der Waals surface area contributed by atoms with E-state index in [2.05, 4.69) is 41.4 Å². The number of alkyl halides is 3. The summed E-state index contributed by atoms with van der Waals surface area (Å²) < 4.78 is 38.3. The summed E-state index contributed by atoms with van der Waals surface area (Å²) in [7, 11) is 0. The lowest BCUT2D eigenvalue weighted by Gasteiger charge is -2.46. The second-order valence-corrected chi connectivity index (χ2v) is 7.82. The van der Waals surface area contributed by atoms with Gasteiger partial charge in [-0.05, 0) is 42.5 Å². The molecule has 2 aliphatic rings. The average Bonchev–Trinajstić information content (AvgIpc) is 2.76. The van der Waals surface area contributed by atoms with E-state index in [1.54, 1.807) is 0 Å². The molecule has 0 saturated carbocycles. The molecule has 0 spiro atoms. The van der Waals surface area contributed by atoms with Gasteiger partial charge in [-0.2, -0.15) is 13.2 Å². The molecule has 1 unspecified atom stereocenters. The van der Waals surface area contributed by atoms with Crippen molar-refractivity contribution in [3.63, 3.8) is 0 Å². The molecule has 6 heteroatoms. The van der Waals surface area contributed by atoms with E-state index in [4.69, 9.17) is 0 Å². The minimum absolute atomic E-state index is 0.00297. The van der Waals surface area contributed by atoms with Gasteiger partial charge in [-0.25, -0.2) is 0 Å². The van der Waals surface area contributed by atoms with Crippen LogP contribution in [-0.2, 0) is 4.79 Å². The van der Waals surface area contributed by atoms with Gasteiger partial charge in [0, 0.05) is 23.7 Å². The van der Waals surface area contributed by atoms with Crippen molar-refractivity contribution in [3.8, 4) is 0 Å². The van der Waals surface area contributed by atoms with Crippen molar-refractivity contribution in [1.29, 1.82) is 0 Å². The Morgan fingerprint density at radius 2 is 1.57 bits per heavy atom. The lowest BCUT2D eigenvalue weighted by molar-refractivity contribution is -0.174. The number of nitrogens with one attached hydrogen (secondary N) is 1. The monoisotopic (exact) mass is 388 g/mol. The summed E-state index contributed by atoms with van der Waals surface area (Å²) in [5, 5.41) is 2.22. The normalized spacial score (nSPS) is 26.5. The maximum absolute atomic E-state index is 12.8. The number of hydrogen-bond acceptors (Lipinski definition) is 2. The molecular formula is C22H23F3N2O. The van der Waals surface area contributed by atoms with Gasteiger partial charge in [0.1, 0.15) is 0 Å². The molecule has 0 radical (unpaired) electrons. The zero-order chi connectivity index (χ0) is 20.1. The summed E-state index contributed by atoms with van der Waals surface area (Å²) in [6, 6.07) is 15.8. The molecule has 1 amide bonds. The van der Waals surface area contributed by atoms with Gasteiger partial charge in [0.2, 0.25) is 0 Å². The Balaban J connectivity index is 1.76. The highest BCUT2D eigenvalue weighted by Gasteiger charge is 2.44. The van der Waals surface area contributed by atoms with Crippen LogP contribution in [0.25, 0.3) is 0 Å². The van der Waals surface area contributed by atoms with Crippen LogP contribution in [0.5, 0.6) is 0 Å². The van der Waals surface area contributed by atoms with E-state index in [1.807, 2.05) is 31.2 Å². The van der Waals surface area contributed by atoms with E-state index in [0.29, 0.717) is 12.8 Å². The summed E-state index contributed by atoms with van der Waals surface area (Å²) >= 11 is 0. The van der Waals surface area contributed by atoms with Crippen LogP contribution in [-0.4, -0.2) is 24.2 Å². The molecule has 2 heterocycles. The maximum atomic E-state index is 12.8. The third-order valence-corrected chi connectivity index (χ3v) is 6.04. The Labute approximate surface area is 162 Å². The van der Waals surface area contributed by atoms with Crippen LogP contribution < -0.4 is 10.2 Å². The molecule has 2 aliphatic heterocycles. The third-order valence-electron chi connectivity index (χ3n) is 6.04. The zero-order valence-electron chi connectivity index (χ0n) is 15.8. The molecule has 148 valence electrons. The first-order valence-electron chi connectivity index (χ1n) is 9.61. The topological polar surface area (TPSA) is 32.3 Å². The van der Waals surface area contributed by atoms with E-state index in [0.717, 1.165) is 11.3 Å². The highest BCUT2D eigenvalue weighted by Crippen LogP contribution is 2.48. The number of fused-ring (bicyclic) bond motifs is 5. The minimum Gasteiger partial charge on any atom is -0.361 e. The number of piperidine rings is 1. The Bertz CT molecular complexity index is 895. The van der Waals surface area contributed by atoms with Gasteiger partial charge in [0.05, 0.1) is 6.04 Å². The average molecular weight is 388 g/mol. The Morgan fingerprint density at radius 3 is 2.25 bits per heavy atom. The fraction of sp³-hybridized carbons (Fsp3) is 0.409. The van der Waals surface area contributed by atoms with Crippen LogP contribution >= 0.6 is 0 Å². The van der Waals surface area contributed by atoms with Crippen molar-refractivity contribution >= 4 is 11.6 Å². The number of amides is 1. The van der Waals surface area contributed by atoms with Gasteiger partial charge < -0.3 is 10.2 Å². The van der Waals surface area contributed by atoms with Crippen LogP contribution in [0.15, 0.2) is 48.5 Å². The van der Waals surface area contributed by atoms with Gasteiger partial charge in [-0.1, -0.05) is 49.4 Å². The number of benzene rings is 2. The van der Waals surface area contributed by atoms with E-state index in [-0.39, 0.29) is 18.0 Å². The molecule has 0 bridgehead atoms. The van der Waals surface area contributed by atoms with Crippen LogP contribution in [0.2, 0.25) is 0 Å². The largest absolute Gasteiger partial charge is 0.471 e. The zero-order valence-corrected chi connectivity index (χ0v) is 15.8. The van der Waals surface area contributed by atoms with Gasteiger partial charge in [-0.3, -0.25) is 4.79 Å². The van der Waals surface area contributed by atoms with E-state index >= 15 is 0 Å². The molecule has 2 aromatic rings. The maximum Gasteiger partial charge on any atom is 0.471 e. The highest BCUT2D eigenvalue weighted by molar-refractivity contribution is 5.82. The summed E-state index contributed by atoms with van der Waals surface area (Å²) in [5.41, 5.74) is 4.67. The second kappa shape index (κ2) is 6.83. The Kier molecular flexibility index (Phi) is 4.60. The molecule has 1 fully saturated rings. The number of carbonyl (C=O) groups is 1. The first-order valence-corrected chi connectivity index (χ1v) is 9.61. The Hall–Kier alpha value is -2.50. The summed E-state index contributed by atoms with van der Waals surface area (Å²) in [5.74, 6) is -1.66. The molecule has 3 nitrogen and oxygen atoms in total. The van der Waals surface area contributed by atoms with E-state index < -0.39 is 18.1 Å². The van der Waals surface area contributed by atoms with Crippen molar-refractivity contribution < 1.29 is 18.0 Å². The lowest BCUT2D eigenvalue weighted by atomic mass is 9.84. The van der Waals surface area contributed by atoms with Crippen molar-refractivity contribution in [2.24, 2.45) is 0 Å². The van der Waals surface area contributed by atoms with Crippen molar-refractivity contribution in [2.75, 3.05) is 4.90 Å². The minimum atomic E-state index is -4.86. The number of nitrogens with zero attached hydrogens (tertiary/aromatic N) is 1. The van der Waals surface area contributed by atoms with Crippen LogP contribution in [0.3, 0.4) is 0 Å². The quantitative estimate of drug-likeness (QED) is 0.751. The number of para-hydroxylation sites is 1. The molecule has 2 aromatic carbocycles. The summed E-state index contributed by atoms with van der Waals surface area (Å²) in [4.78, 5) is 13.8. The lowest BCUT2D eigenvalue weighted by Crippen LogP contribution is -2.52. The number of carbonyl (C=O) groups excluding carboxylic acids is 1. The fourth-order valence-corrected chi connectivity index (χ4v) is 4.84. The SMILES string of the molecule is C[C@@H]1c2ccccc2C2C[C@H](NC(=O)C(F)(F)F)C[C@H](C)N2c2ccccc21. The summed E-state index contributed by atoms with van der Waals surface area (Å²) in [6.07, 6.45) is -3.93. The van der Waals surface area contributed by atoms with Crippen LogP contribution in [0.1, 0.15) is 55.3 Å². The third kappa shape index (κ3) is 3.15. The van der Waals surface area contributed by atoms with Crippen LogP contribution in [0.4, 0.5) is 18.9 Å².